The molecule has 3 N–H and O–H groups in total. The predicted octanol–water partition coefficient (Wildman–Crippen LogP) is 2.07. The van der Waals surface area contributed by atoms with Crippen molar-refractivity contribution in [1.29, 1.82) is 0 Å². The van der Waals surface area contributed by atoms with Gasteiger partial charge in [0.15, 0.2) is 0 Å². The van der Waals surface area contributed by atoms with E-state index in [1.807, 2.05) is 37.3 Å². The molecule has 0 fully saturated rings. The molecule has 1 aromatic carbocycles. The molecule has 94 valence electrons. The molecule has 0 aliphatic carbocycles. The van der Waals surface area contributed by atoms with Crippen LogP contribution in [0.15, 0.2) is 36.5 Å². The van der Waals surface area contributed by atoms with E-state index in [1.54, 1.807) is 6.20 Å². The molecule has 1 heterocycles. The molecule has 0 atom stereocenters. The molecule has 0 radical (unpaired) electrons. The van der Waals surface area contributed by atoms with E-state index >= 15 is 0 Å². The first-order chi connectivity index (χ1) is 8.79. The van der Waals surface area contributed by atoms with Gasteiger partial charge in [0, 0.05) is 18.0 Å². The van der Waals surface area contributed by atoms with Gasteiger partial charge in [0.25, 0.3) is 0 Å². The van der Waals surface area contributed by atoms with Crippen LogP contribution in [0.1, 0.15) is 12.6 Å². The number of hydrogen-bond acceptors (Lipinski definition) is 5. The summed E-state index contributed by atoms with van der Waals surface area (Å²) in [5, 5.41) is 11.1. The molecule has 1 aromatic heterocycles. The fraction of sp³-hybridized carbons (Fsp3) is 0.231. The van der Waals surface area contributed by atoms with Crippen LogP contribution in [0.25, 0.3) is 0 Å². The predicted molar refractivity (Wildman–Crippen MR) is 71.4 cm³/mol. The van der Waals surface area contributed by atoms with Gasteiger partial charge in [-0.2, -0.15) is 10.2 Å². The Bertz CT molecular complexity index is 502. The average molecular weight is 244 g/mol. The maximum Gasteiger partial charge on any atom is 0.144 e. The van der Waals surface area contributed by atoms with Gasteiger partial charge < -0.3 is 15.8 Å². The van der Waals surface area contributed by atoms with E-state index in [9.17, 15) is 0 Å². The number of aromatic nitrogens is 2. The van der Waals surface area contributed by atoms with Crippen LogP contribution in [-0.4, -0.2) is 16.8 Å². The van der Waals surface area contributed by atoms with Crippen LogP contribution in [0.4, 0.5) is 11.4 Å². The first-order valence-corrected chi connectivity index (χ1v) is 5.82. The summed E-state index contributed by atoms with van der Waals surface area (Å²) in [4.78, 5) is 0. The topological polar surface area (TPSA) is 73.1 Å². The van der Waals surface area contributed by atoms with Gasteiger partial charge in [-0.15, -0.1) is 0 Å². The Hall–Kier alpha value is -2.30. The van der Waals surface area contributed by atoms with E-state index in [0.29, 0.717) is 24.6 Å². The van der Waals surface area contributed by atoms with Crippen LogP contribution in [0.2, 0.25) is 0 Å². The number of benzene rings is 1. The van der Waals surface area contributed by atoms with Gasteiger partial charge in [-0.05, 0) is 31.2 Å². The van der Waals surface area contributed by atoms with Crippen LogP contribution in [0, 0.1) is 0 Å². The van der Waals surface area contributed by atoms with Crippen LogP contribution in [0.5, 0.6) is 5.75 Å². The SMILES string of the molecule is CCOc1cc(NCc2cccnn2)ccc1N. The fourth-order valence-electron chi connectivity index (χ4n) is 1.55. The normalized spacial score (nSPS) is 10.1. The van der Waals surface area contributed by atoms with Crippen molar-refractivity contribution >= 4 is 11.4 Å². The van der Waals surface area contributed by atoms with E-state index in [2.05, 4.69) is 15.5 Å². The molecule has 5 heteroatoms. The summed E-state index contributed by atoms with van der Waals surface area (Å²) < 4.78 is 5.44. The largest absolute Gasteiger partial charge is 0.492 e. The highest BCUT2D eigenvalue weighted by Crippen LogP contribution is 2.25. The van der Waals surface area contributed by atoms with Crippen molar-refractivity contribution in [3.63, 3.8) is 0 Å². The smallest absolute Gasteiger partial charge is 0.144 e. The van der Waals surface area contributed by atoms with Crippen molar-refractivity contribution in [2.75, 3.05) is 17.7 Å². The molecule has 5 nitrogen and oxygen atoms in total. The van der Waals surface area contributed by atoms with Gasteiger partial charge in [0.1, 0.15) is 5.75 Å². The second-order valence-electron chi connectivity index (χ2n) is 3.75. The minimum Gasteiger partial charge on any atom is -0.492 e. The van der Waals surface area contributed by atoms with Crippen molar-refractivity contribution in [2.24, 2.45) is 0 Å². The molecule has 0 aliphatic heterocycles. The lowest BCUT2D eigenvalue weighted by Gasteiger charge is -2.10. The Morgan fingerprint density at radius 2 is 2.22 bits per heavy atom. The van der Waals surface area contributed by atoms with Gasteiger partial charge in [0.05, 0.1) is 24.5 Å². The van der Waals surface area contributed by atoms with Crippen molar-refractivity contribution < 1.29 is 4.74 Å². The van der Waals surface area contributed by atoms with E-state index < -0.39 is 0 Å². The maximum atomic E-state index is 5.81. The van der Waals surface area contributed by atoms with Crippen molar-refractivity contribution in [1.82, 2.24) is 10.2 Å². The molecular formula is C13H16N4O. The number of hydrogen-bond donors (Lipinski definition) is 2. The molecule has 0 saturated heterocycles. The second kappa shape index (κ2) is 5.86. The zero-order valence-corrected chi connectivity index (χ0v) is 10.3. The minimum absolute atomic E-state index is 0.595. The summed E-state index contributed by atoms with van der Waals surface area (Å²) in [5.41, 5.74) is 8.27. The maximum absolute atomic E-state index is 5.81. The van der Waals surface area contributed by atoms with Crippen molar-refractivity contribution in [3.8, 4) is 5.75 Å². The summed E-state index contributed by atoms with van der Waals surface area (Å²) in [7, 11) is 0. The number of nitrogens with zero attached hydrogens (tertiary/aromatic N) is 2. The highest BCUT2D eigenvalue weighted by Gasteiger charge is 2.02. The molecule has 0 aliphatic rings. The number of nitrogens with two attached hydrogens (primary N) is 1. The van der Waals surface area contributed by atoms with Gasteiger partial charge in [-0.1, -0.05) is 0 Å². The van der Waals surface area contributed by atoms with E-state index in [4.69, 9.17) is 10.5 Å². The van der Waals surface area contributed by atoms with E-state index in [0.717, 1.165) is 11.4 Å². The number of nitrogens with one attached hydrogen (secondary N) is 1. The van der Waals surface area contributed by atoms with Crippen LogP contribution in [0.3, 0.4) is 0 Å². The molecule has 0 spiro atoms. The summed E-state index contributed by atoms with van der Waals surface area (Å²) in [5.74, 6) is 0.696. The molecule has 0 bridgehead atoms. The molecule has 0 unspecified atom stereocenters. The highest BCUT2D eigenvalue weighted by atomic mass is 16.5. The standard InChI is InChI=1S/C13H16N4O/c1-2-18-13-8-10(5-6-12(13)14)15-9-11-4-3-7-16-17-11/h3-8,15H,2,9,14H2,1H3. The molecule has 0 saturated carbocycles. The Labute approximate surface area is 106 Å². The molecular weight excluding hydrogens is 228 g/mol. The Balaban J connectivity index is 2.03. The van der Waals surface area contributed by atoms with Crippen LogP contribution < -0.4 is 15.8 Å². The van der Waals surface area contributed by atoms with Gasteiger partial charge in [-0.25, -0.2) is 0 Å². The van der Waals surface area contributed by atoms with Crippen LogP contribution >= 0.6 is 0 Å². The molecule has 2 aromatic rings. The Morgan fingerprint density at radius 1 is 1.33 bits per heavy atom. The lowest BCUT2D eigenvalue weighted by atomic mass is 10.2. The van der Waals surface area contributed by atoms with Gasteiger partial charge in [0.2, 0.25) is 0 Å². The lowest BCUT2D eigenvalue weighted by molar-refractivity contribution is 0.342. The van der Waals surface area contributed by atoms with E-state index in [-0.39, 0.29) is 0 Å². The Kier molecular flexibility index (Phi) is 3.96. The summed E-state index contributed by atoms with van der Waals surface area (Å²) in [6.07, 6.45) is 1.65. The zero-order chi connectivity index (χ0) is 12.8. The van der Waals surface area contributed by atoms with Gasteiger partial charge in [-0.3, -0.25) is 0 Å². The quantitative estimate of drug-likeness (QED) is 0.788. The van der Waals surface area contributed by atoms with Crippen LogP contribution in [-0.2, 0) is 6.54 Å². The summed E-state index contributed by atoms with van der Waals surface area (Å²) in [6, 6.07) is 9.40. The first kappa shape index (κ1) is 12.2. The fourth-order valence-corrected chi connectivity index (χ4v) is 1.55. The zero-order valence-electron chi connectivity index (χ0n) is 10.3. The van der Waals surface area contributed by atoms with Gasteiger partial charge >= 0.3 is 0 Å². The third-order valence-electron chi connectivity index (χ3n) is 2.41. The third kappa shape index (κ3) is 3.10. The molecule has 2 rings (SSSR count). The first-order valence-electron chi connectivity index (χ1n) is 5.82. The molecule has 18 heavy (non-hydrogen) atoms. The second-order valence-corrected chi connectivity index (χ2v) is 3.75. The monoisotopic (exact) mass is 244 g/mol. The minimum atomic E-state index is 0.595. The number of nitrogen functional groups attached to an aromatic ring is 1. The summed E-state index contributed by atoms with van der Waals surface area (Å²) in [6.45, 7) is 3.14. The number of ether oxygens (including phenoxy) is 1. The third-order valence-corrected chi connectivity index (χ3v) is 2.41. The number of rotatable bonds is 5. The number of anilines is 2. The van der Waals surface area contributed by atoms with Crippen molar-refractivity contribution in [2.45, 2.75) is 13.5 Å². The average Bonchev–Trinajstić information content (AvgIpc) is 2.41. The summed E-state index contributed by atoms with van der Waals surface area (Å²) >= 11 is 0. The Morgan fingerprint density at radius 3 is 2.94 bits per heavy atom. The highest BCUT2D eigenvalue weighted by molar-refractivity contribution is 5.61. The van der Waals surface area contributed by atoms with E-state index in [1.165, 1.54) is 0 Å². The molecule has 0 amide bonds. The van der Waals surface area contributed by atoms with Crippen molar-refractivity contribution in [3.05, 3.63) is 42.2 Å². The lowest BCUT2D eigenvalue weighted by Crippen LogP contribution is -2.03.